The van der Waals surface area contributed by atoms with Gasteiger partial charge in [-0.2, -0.15) is 0 Å². The highest BCUT2D eigenvalue weighted by atomic mass is 32.2. The maximum atomic E-state index is 13.4. The summed E-state index contributed by atoms with van der Waals surface area (Å²) in [4.78, 5) is 13.4. The Hall–Kier alpha value is -3.06. The Morgan fingerprint density at radius 3 is 2.70 bits per heavy atom. The molecule has 0 aliphatic heterocycles. The zero-order valence-electron chi connectivity index (χ0n) is 18.9. The normalized spacial score (nSPS) is 15.1. The van der Waals surface area contributed by atoms with Gasteiger partial charge in [0.05, 0.1) is 7.11 Å². The number of nitrogens with one attached hydrogen (secondary N) is 1. The highest BCUT2D eigenvalue weighted by Crippen LogP contribution is 2.38. The highest BCUT2D eigenvalue weighted by molar-refractivity contribution is 8.00. The van der Waals surface area contributed by atoms with Gasteiger partial charge in [-0.25, -0.2) is 0 Å². The van der Waals surface area contributed by atoms with E-state index in [1.807, 2.05) is 60.7 Å². The molecular formula is C26H30N4O2S. The molecule has 0 saturated heterocycles. The molecule has 7 heteroatoms. The summed E-state index contributed by atoms with van der Waals surface area (Å²) in [5.74, 6) is 2.00. The van der Waals surface area contributed by atoms with Crippen LogP contribution >= 0.6 is 11.8 Å². The van der Waals surface area contributed by atoms with E-state index in [0.717, 1.165) is 29.4 Å². The van der Waals surface area contributed by atoms with Crippen LogP contribution < -0.4 is 10.1 Å². The lowest BCUT2D eigenvalue weighted by molar-refractivity contribution is -0.115. The molecule has 0 radical (unpaired) electrons. The van der Waals surface area contributed by atoms with Crippen LogP contribution in [0.25, 0.3) is 0 Å². The molecule has 1 atom stereocenters. The third-order valence-corrected chi connectivity index (χ3v) is 7.16. The zero-order chi connectivity index (χ0) is 23.0. The minimum absolute atomic E-state index is 0.119. The van der Waals surface area contributed by atoms with Crippen molar-refractivity contribution < 1.29 is 9.53 Å². The van der Waals surface area contributed by atoms with Crippen molar-refractivity contribution in [3.63, 3.8) is 0 Å². The van der Waals surface area contributed by atoms with Crippen molar-refractivity contribution in [2.75, 3.05) is 12.4 Å². The number of hydrogen-bond acceptors (Lipinski definition) is 5. The van der Waals surface area contributed by atoms with Crippen molar-refractivity contribution in [1.29, 1.82) is 0 Å². The van der Waals surface area contributed by atoms with Gasteiger partial charge >= 0.3 is 0 Å². The summed E-state index contributed by atoms with van der Waals surface area (Å²) >= 11 is 1.43. The van der Waals surface area contributed by atoms with Gasteiger partial charge in [0.2, 0.25) is 5.91 Å². The Balaban J connectivity index is 1.62. The van der Waals surface area contributed by atoms with E-state index in [2.05, 4.69) is 26.7 Å². The van der Waals surface area contributed by atoms with Crippen LogP contribution in [0.15, 0.2) is 72.4 Å². The summed E-state index contributed by atoms with van der Waals surface area (Å²) in [5.41, 5.74) is 1.60. The number of hydrogen-bond donors (Lipinski definition) is 1. The first kappa shape index (κ1) is 23.1. The number of methoxy groups -OCH3 is 1. The molecule has 0 spiro atoms. The van der Waals surface area contributed by atoms with E-state index in [9.17, 15) is 4.79 Å². The van der Waals surface area contributed by atoms with Crippen LogP contribution in [-0.4, -0.2) is 27.8 Å². The van der Waals surface area contributed by atoms with Gasteiger partial charge in [0.1, 0.15) is 16.8 Å². The number of allylic oxidation sites excluding steroid dienone is 1. The Morgan fingerprint density at radius 1 is 1.18 bits per heavy atom. The number of aromatic nitrogens is 3. The van der Waals surface area contributed by atoms with Crippen LogP contribution in [-0.2, 0) is 11.3 Å². The molecule has 2 aromatic carbocycles. The minimum atomic E-state index is -0.482. The van der Waals surface area contributed by atoms with Gasteiger partial charge in [-0.3, -0.25) is 4.79 Å². The van der Waals surface area contributed by atoms with E-state index in [0.29, 0.717) is 23.9 Å². The zero-order valence-corrected chi connectivity index (χ0v) is 19.8. The van der Waals surface area contributed by atoms with Gasteiger partial charge < -0.3 is 14.6 Å². The summed E-state index contributed by atoms with van der Waals surface area (Å²) < 4.78 is 7.42. The summed E-state index contributed by atoms with van der Waals surface area (Å²) in [6.45, 7) is 4.56. The lowest BCUT2D eigenvalue weighted by Gasteiger charge is -2.22. The fraction of sp³-hybridized carbons (Fsp3) is 0.346. The molecule has 4 rings (SSSR count). The Kier molecular flexibility index (Phi) is 7.83. The molecule has 1 saturated carbocycles. The molecule has 6 nitrogen and oxygen atoms in total. The molecule has 33 heavy (non-hydrogen) atoms. The standard InChI is InChI=1S/C26H30N4O2S/c1-3-17-30-24(20-13-8-5-9-14-20)28-29-26(30)33-23(19-11-6-4-7-12-19)25(31)27-21-15-10-16-22(18-21)32-2/h3-4,6-7,10-12,15-16,18,20,23H,1,5,8-9,13-14,17H2,2H3,(H,27,31). The third kappa shape index (κ3) is 5.66. The Bertz CT molecular complexity index is 1080. The number of benzene rings is 2. The molecule has 1 amide bonds. The van der Waals surface area contributed by atoms with Gasteiger partial charge in [-0.1, -0.05) is 73.5 Å². The van der Waals surface area contributed by atoms with E-state index in [1.54, 1.807) is 7.11 Å². The third-order valence-electron chi connectivity index (χ3n) is 5.93. The van der Waals surface area contributed by atoms with Crippen LogP contribution in [0.2, 0.25) is 0 Å². The molecule has 1 aromatic heterocycles. The number of anilines is 1. The molecular weight excluding hydrogens is 432 g/mol. The van der Waals surface area contributed by atoms with Crippen molar-refractivity contribution in [3.05, 3.63) is 78.6 Å². The van der Waals surface area contributed by atoms with E-state index < -0.39 is 5.25 Å². The monoisotopic (exact) mass is 462 g/mol. The van der Waals surface area contributed by atoms with E-state index in [-0.39, 0.29) is 5.91 Å². The summed E-state index contributed by atoms with van der Waals surface area (Å²) in [7, 11) is 1.61. The average Bonchev–Trinajstić information content (AvgIpc) is 3.26. The lowest BCUT2D eigenvalue weighted by Crippen LogP contribution is -2.20. The van der Waals surface area contributed by atoms with Crippen molar-refractivity contribution in [2.45, 2.75) is 55.0 Å². The first-order chi connectivity index (χ1) is 16.2. The smallest absolute Gasteiger partial charge is 0.242 e. The number of ether oxygens (including phenoxy) is 1. The molecule has 1 aliphatic rings. The molecule has 1 unspecified atom stereocenters. The van der Waals surface area contributed by atoms with Crippen LogP contribution in [0.1, 0.15) is 54.7 Å². The van der Waals surface area contributed by atoms with Gasteiger partial charge in [-0.15, -0.1) is 16.8 Å². The molecule has 1 heterocycles. The highest BCUT2D eigenvalue weighted by Gasteiger charge is 2.28. The second-order valence-electron chi connectivity index (χ2n) is 8.20. The largest absolute Gasteiger partial charge is 0.497 e. The van der Waals surface area contributed by atoms with Gasteiger partial charge in [0, 0.05) is 24.2 Å². The van der Waals surface area contributed by atoms with Crippen molar-refractivity contribution >= 4 is 23.4 Å². The number of thioether (sulfide) groups is 1. The predicted molar refractivity (Wildman–Crippen MR) is 133 cm³/mol. The van der Waals surface area contributed by atoms with E-state index in [1.165, 1.54) is 31.0 Å². The van der Waals surface area contributed by atoms with Crippen molar-refractivity contribution in [2.24, 2.45) is 0 Å². The molecule has 0 bridgehead atoms. The fourth-order valence-electron chi connectivity index (χ4n) is 4.27. The SMILES string of the molecule is C=CCn1c(SC(C(=O)Nc2cccc(OC)c2)c2ccccc2)nnc1C1CCCCC1. The average molecular weight is 463 g/mol. The Morgan fingerprint density at radius 2 is 1.97 bits per heavy atom. The van der Waals surface area contributed by atoms with E-state index >= 15 is 0 Å². The van der Waals surface area contributed by atoms with Crippen LogP contribution in [0, 0.1) is 0 Å². The van der Waals surface area contributed by atoms with Crippen molar-refractivity contribution in [1.82, 2.24) is 14.8 Å². The number of carbonyl (C=O) groups excluding carboxylic acids is 1. The predicted octanol–water partition coefficient (Wildman–Crippen LogP) is 5.99. The van der Waals surface area contributed by atoms with Gasteiger partial charge in [0.15, 0.2) is 5.16 Å². The topological polar surface area (TPSA) is 69.0 Å². The quantitative estimate of drug-likeness (QED) is 0.312. The molecule has 3 aromatic rings. The maximum Gasteiger partial charge on any atom is 0.242 e. The molecule has 1 aliphatic carbocycles. The first-order valence-corrected chi connectivity index (χ1v) is 12.3. The maximum absolute atomic E-state index is 13.4. The molecule has 1 fully saturated rings. The number of amides is 1. The molecule has 172 valence electrons. The van der Waals surface area contributed by atoms with E-state index in [4.69, 9.17) is 4.74 Å². The summed E-state index contributed by atoms with van der Waals surface area (Å²) in [5, 5.41) is 12.4. The molecule has 1 N–H and O–H groups in total. The lowest BCUT2D eigenvalue weighted by atomic mass is 9.89. The van der Waals surface area contributed by atoms with Crippen LogP contribution in [0.5, 0.6) is 5.75 Å². The van der Waals surface area contributed by atoms with Crippen LogP contribution in [0.4, 0.5) is 5.69 Å². The van der Waals surface area contributed by atoms with Crippen molar-refractivity contribution in [3.8, 4) is 5.75 Å². The Labute approximate surface area is 199 Å². The van der Waals surface area contributed by atoms with Crippen LogP contribution in [0.3, 0.4) is 0 Å². The number of carbonyl (C=O) groups is 1. The number of rotatable bonds is 9. The summed E-state index contributed by atoms with van der Waals surface area (Å²) in [6, 6.07) is 17.2. The number of nitrogens with zero attached hydrogens (tertiary/aromatic N) is 3. The fourth-order valence-corrected chi connectivity index (χ4v) is 5.32. The minimum Gasteiger partial charge on any atom is -0.497 e. The second-order valence-corrected chi connectivity index (χ2v) is 9.28. The second kappa shape index (κ2) is 11.2. The van der Waals surface area contributed by atoms with Gasteiger partial charge in [0.25, 0.3) is 0 Å². The first-order valence-electron chi connectivity index (χ1n) is 11.4. The summed E-state index contributed by atoms with van der Waals surface area (Å²) in [6.07, 6.45) is 7.88. The van der Waals surface area contributed by atoms with Gasteiger partial charge in [-0.05, 0) is 30.5 Å².